The normalized spacial score (nSPS) is 17.1. The molecule has 5 rings (SSSR count). The van der Waals surface area contributed by atoms with Gasteiger partial charge in [0.05, 0.1) is 5.51 Å². The second-order valence-electron chi connectivity index (χ2n) is 6.16. The Morgan fingerprint density at radius 1 is 1.25 bits per heavy atom. The van der Waals surface area contributed by atoms with Gasteiger partial charge in [0.15, 0.2) is 0 Å². The van der Waals surface area contributed by atoms with Gasteiger partial charge in [0, 0.05) is 36.5 Å². The van der Waals surface area contributed by atoms with Gasteiger partial charge in [-0.25, -0.2) is 9.97 Å². The number of fused-ring (bicyclic) bond motifs is 3. The van der Waals surface area contributed by atoms with Gasteiger partial charge in [-0.2, -0.15) is 5.26 Å². The van der Waals surface area contributed by atoms with E-state index in [0.717, 1.165) is 47.4 Å². The fourth-order valence-corrected chi connectivity index (χ4v) is 4.28. The highest BCUT2D eigenvalue weighted by Gasteiger charge is 2.39. The fourth-order valence-electron chi connectivity index (χ4n) is 3.45. The Hall–Kier alpha value is -2.72. The summed E-state index contributed by atoms with van der Waals surface area (Å²) in [5, 5.41) is 8.95. The van der Waals surface area contributed by atoms with E-state index in [1.165, 1.54) is 0 Å². The average molecular weight is 335 g/mol. The van der Waals surface area contributed by atoms with Gasteiger partial charge in [-0.1, -0.05) is 0 Å². The number of thiazole rings is 1. The maximum atomic E-state index is 13.1. The van der Waals surface area contributed by atoms with Crippen LogP contribution in [0.2, 0.25) is 0 Å². The van der Waals surface area contributed by atoms with Gasteiger partial charge in [0.1, 0.15) is 27.8 Å². The van der Waals surface area contributed by atoms with Crippen LogP contribution in [0.5, 0.6) is 0 Å². The van der Waals surface area contributed by atoms with Crippen molar-refractivity contribution in [3.05, 3.63) is 35.2 Å². The van der Waals surface area contributed by atoms with Crippen molar-refractivity contribution in [1.29, 1.82) is 5.26 Å². The van der Waals surface area contributed by atoms with Crippen LogP contribution in [0.25, 0.3) is 21.5 Å². The Kier molecular flexibility index (Phi) is 2.79. The molecule has 7 heteroatoms. The average Bonchev–Trinajstić information content (AvgIpc) is 3.24. The number of nitriles is 1. The molecular weight excluding hydrogens is 322 g/mol. The third-order valence-corrected chi connectivity index (χ3v) is 5.57. The molecule has 1 aliphatic heterocycles. The Bertz CT molecular complexity index is 1010. The van der Waals surface area contributed by atoms with Gasteiger partial charge in [-0.3, -0.25) is 4.79 Å². The molecule has 0 atom stereocenters. The zero-order chi connectivity index (χ0) is 16.3. The monoisotopic (exact) mass is 335 g/mol. The minimum atomic E-state index is 0.0910. The van der Waals surface area contributed by atoms with E-state index in [1.807, 2.05) is 22.5 Å². The van der Waals surface area contributed by atoms with Crippen molar-refractivity contribution in [1.82, 2.24) is 19.4 Å². The molecule has 2 aliphatic rings. The quantitative estimate of drug-likeness (QED) is 0.721. The molecule has 24 heavy (non-hydrogen) atoms. The highest BCUT2D eigenvalue weighted by Crippen LogP contribution is 2.40. The molecule has 0 aromatic carbocycles. The Morgan fingerprint density at radius 3 is 2.83 bits per heavy atom. The number of rotatable bonds is 2. The maximum absolute atomic E-state index is 13.1. The smallest absolute Gasteiger partial charge is 0.271 e. The summed E-state index contributed by atoms with van der Waals surface area (Å²) in [6, 6.07) is 5.97. The van der Waals surface area contributed by atoms with E-state index in [4.69, 9.17) is 5.26 Å². The lowest BCUT2D eigenvalue weighted by Gasteiger charge is -2.29. The lowest BCUT2D eigenvalue weighted by Crippen LogP contribution is -2.41. The van der Waals surface area contributed by atoms with Gasteiger partial charge in [-0.15, -0.1) is 11.3 Å². The number of hydrogen-bond donors (Lipinski definition) is 0. The van der Waals surface area contributed by atoms with E-state index in [1.54, 1.807) is 23.6 Å². The largest absolute Gasteiger partial charge is 0.333 e. The summed E-state index contributed by atoms with van der Waals surface area (Å²) in [5.41, 5.74) is 5.44. The minimum absolute atomic E-state index is 0.0910. The molecule has 0 saturated heterocycles. The number of pyridine rings is 1. The predicted octanol–water partition coefficient (Wildman–Crippen LogP) is 2.65. The van der Waals surface area contributed by atoms with E-state index in [0.29, 0.717) is 17.4 Å². The molecule has 1 aliphatic carbocycles. The third kappa shape index (κ3) is 1.83. The van der Waals surface area contributed by atoms with Crippen molar-refractivity contribution in [2.24, 2.45) is 0 Å². The van der Waals surface area contributed by atoms with E-state index in [-0.39, 0.29) is 5.91 Å². The molecule has 0 radical (unpaired) electrons. The van der Waals surface area contributed by atoms with Crippen LogP contribution < -0.4 is 0 Å². The molecule has 0 bridgehead atoms. The zero-order valence-corrected chi connectivity index (χ0v) is 13.6. The number of carbonyl (C=O) groups excluding carboxylic acids is 1. The molecular formula is C17H13N5OS. The lowest BCUT2D eigenvalue weighted by atomic mass is 10.1. The van der Waals surface area contributed by atoms with Crippen molar-refractivity contribution in [3.8, 4) is 17.2 Å². The SMILES string of the molecule is N#Cc1ccc(-c2c3n(c4scnc24)CCN(C2CC2)C3=O)cn1. The van der Waals surface area contributed by atoms with E-state index >= 15 is 0 Å². The van der Waals surface area contributed by atoms with Crippen molar-refractivity contribution >= 4 is 27.6 Å². The summed E-state index contributed by atoms with van der Waals surface area (Å²) in [5.74, 6) is 0.0910. The van der Waals surface area contributed by atoms with E-state index in [9.17, 15) is 4.79 Å². The number of amides is 1. The molecule has 0 spiro atoms. The van der Waals surface area contributed by atoms with Crippen LogP contribution in [0, 0.1) is 11.3 Å². The Morgan fingerprint density at radius 2 is 2.12 bits per heavy atom. The second kappa shape index (κ2) is 4.89. The fraction of sp³-hybridized carbons (Fsp3) is 0.294. The van der Waals surface area contributed by atoms with Crippen LogP contribution in [0.3, 0.4) is 0 Å². The highest BCUT2D eigenvalue weighted by molar-refractivity contribution is 7.16. The third-order valence-electron chi connectivity index (χ3n) is 4.72. The molecule has 0 N–H and O–H groups in total. The Labute approximate surface area is 142 Å². The number of nitrogens with zero attached hydrogens (tertiary/aromatic N) is 5. The van der Waals surface area contributed by atoms with Crippen molar-refractivity contribution < 1.29 is 4.79 Å². The van der Waals surface area contributed by atoms with Gasteiger partial charge in [-0.05, 0) is 25.0 Å². The first-order valence-electron chi connectivity index (χ1n) is 7.91. The molecule has 6 nitrogen and oxygen atoms in total. The number of carbonyl (C=O) groups is 1. The molecule has 0 unspecified atom stereocenters. The van der Waals surface area contributed by atoms with E-state index in [2.05, 4.69) is 14.5 Å². The topological polar surface area (TPSA) is 74.8 Å². The summed E-state index contributed by atoms with van der Waals surface area (Å²) < 4.78 is 2.10. The molecule has 3 aromatic rings. The first-order valence-corrected chi connectivity index (χ1v) is 8.79. The molecule has 1 fully saturated rings. The van der Waals surface area contributed by atoms with Gasteiger partial charge in [0.25, 0.3) is 5.91 Å². The molecule has 4 heterocycles. The second-order valence-corrected chi connectivity index (χ2v) is 6.99. The highest BCUT2D eigenvalue weighted by atomic mass is 32.1. The molecule has 118 valence electrons. The summed E-state index contributed by atoms with van der Waals surface area (Å²) in [6.45, 7) is 1.57. The predicted molar refractivity (Wildman–Crippen MR) is 89.6 cm³/mol. The standard InChI is InChI=1S/C17H13N5OS/c18-7-11-2-1-10(8-19-11)13-14-17(24-9-20-14)22-6-5-21(12-3-4-12)16(23)15(13)22/h1-2,8-9,12H,3-6H2. The minimum Gasteiger partial charge on any atom is -0.333 e. The van der Waals surface area contributed by atoms with Crippen LogP contribution in [-0.2, 0) is 6.54 Å². The van der Waals surface area contributed by atoms with Crippen LogP contribution in [-0.4, -0.2) is 37.9 Å². The molecule has 1 saturated carbocycles. The maximum Gasteiger partial charge on any atom is 0.271 e. The number of hydrogen-bond acceptors (Lipinski definition) is 5. The number of aromatic nitrogens is 3. The van der Waals surface area contributed by atoms with Crippen LogP contribution >= 0.6 is 11.3 Å². The van der Waals surface area contributed by atoms with Crippen molar-refractivity contribution in [2.45, 2.75) is 25.4 Å². The summed E-state index contributed by atoms with van der Waals surface area (Å²) in [7, 11) is 0. The summed E-state index contributed by atoms with van der Waals surface area (Å²) >= 11 is 1.56. The van der Waals surface area contributed by atoms with Gasteiger partial charge >= 0.3 is 0 Å². The first kappa shape index (κ1) is 13.7. The molecule has 3 aromatic heterocycles. The van der Waals surface area contributed by atoms with Gasteiger partial charge < -0.3 is 9.47 Å². The van der Waals surface area contributed by atoms with Crippen LogP contribution in [0.15, 0.2) is 23.8 Å². The first-order chi connectivity index (χ1) is 11.8. The van der Waals surface area contributed by atoms with Crippen molar-refractivity contribution in [3.63, 3.8) is 0 Å². The lowest BCUT2D eigenvalue weighted by molar-refractivity contribution is 0.0694. The summed E-state index contributed by atoms with van der Waals surface area (Å²) in [6.07, 6.45) is 3.87. The van der Waals surface area contributed by atoms with Gasteiger partial charge in [0.2, 0.25) is 0 Å². The Balaban J connectivity index is 1.74. The van der Waals surface area contributed by atoms with Crippen LogP contribution in [0.4, 0.5) is 0 Å². The molecule has 1 amide bonds. The summed E-state index contributed by atoms with van der Waals surface area (Å²) in [4.78, 5) is 24.8. The van der Waals surface area contributed by atoms with Crippen molar-refractivity contribution in [2.75, 3.05) is 6.54 Å². The zero-order valence-electron chi connectivity index (χ0n) is 12.8. The van der Waals surface area contributed by atoms with Crippen LogP contribution in [0.1, 0.15) is 29.0 Å². The van der Waals surface area contributed by atoms with E-state index < -0.39 is 0 Å².